The molecule has 0 radical (unpaired) electrons. The zero-order valence-corrected chi connectivity index (χ0v) is 13.3. The average Bonchev–Trinajstić information content (AvgIpc) is 3.08. The first-order valence-electron chi connectivity index (χ1n) is 8.21. The molecule has 2 fully saturated rings. The van der Waals surface area contributed by atoms with E-state index in [2.05, 4.69) is 16.1 Å². The van der Waals surface area contributed by atoms with Gasteiger partial charge in [0.15, 0.2) is 0 Å². The number of carbonyl (C=O) groups is 1. The molecular formula is C18H23N3O2. The van der Waals surface area contributed by atoms with Gasteiger partial charge >= 0.3 is 6.03 Å². The SMILES string of the molecule is C#Cc1cccc(NC(=O)N2CCN(C[C@@H]3CCCO3)CC2)c1. The van der Waals surface area contributed by atoms with Crippen LogP contribution >= 0.6 is 0 Å². The Balaban J connectivity index is 1.47. The van der Waals surface area contributed by atoms with E-state index in [1.807, 2.05) is 29.2 Å². The highest BCUT2D eigenvalue weighted by Crippen LogP contribution is 2.15. The van der Waals surface area contributed by atoms with Crippen molar-refractivity contribution in [2.24, 2.45) is 0 Å². The quantitative estimate of drug-likeness (QED) is 0.868. The number of nitrogens with zero attached hydrogens (tertiary/aromatic N) is 2. The first-order chi connectivity index (χ1) is 11.2. The molecule has 0 aromatic heterocycles. The van der Waals surface area contributed by atoms with E-state index < -0.39 is 0 Å². The van der Waals surface area contributed by atoms with E-state index in [9.17, 15) is 4.79 Å². The van der Waals surface area contributed by atoms with Gasteiger partial charge in [0.25, 0.3) is 0 Å². The minimum absolute atomic E-state index is 0.0593. The minimum atomic E-state index is -0.0593. The molecule has 5 nitrogen and oxygen atoms in total. The summed E-state index contributed by atoms with van der Waals surface area (Å²) in [7, 11) is 0. The highest BCUT2D eigenvalue weighted by molar-refractivity contribution is 5.89. The maximum atomic E-state index is 12.3. The summed E-state index contributed by atoms with van der Waals surface area (Å²) >= 11 is 0. The first-order valence-corrected chi connectivity index (χ1v) is 8.21. The fourth-order valence-corrected chi connectivity index (χ4v) is 3.10. The second-order valence-corrected chi connectivity index (χ2v) is 6.08. The summed E-state index contributed by atoms with van der Waals surface area (Å²) < 4.78 is 5.68. The van der Waals surface area contributed by atoms with Crippen LogP contribution in [-0.4, -0.2) is 61.3 Å². The number of ether oxygens (including phenoxy) is 1. The number of amides is 2. The number of rotatable bonds is 3. The van der Waals surface area contributed by atoms with E-state index >= 15 is 0 Å². The first kappa shape index (κ1) is 15.9. The molecule has 1 aromatic rings. The molecule has 122 valence electrons. The maximum absolute atomic E-state index is 12.3. The van der Waals surface area contributed by atoms with Crippen molar-refractivity contribution in [1.29, 1.82) is 0 Å². The lowest BCUT2D eigenvalue weighted by atomic mass is 10.2. The predicted octanol–water partition coefficient (Wildman–Crippen LogP) is 2.00. The number of hydrogen-bond acceptors (Lipinski definition) is 3. The summed E-state index contributed by atoms with van der Waals surface area (Å²) in [5, 5.41) is 2.92. The topological polar surface area (TPSA) is 44.8 Å². The molecular weight excluding hydrogens is 290 g/mol. The number of nitrogens with one attached hydrogen (secondary N) is 1. The van der Waals surface area contributed by atoms with E-state index in [4.69, 9.17) is 11.2 Å². The van der Waals surface area contributed by atoms with E-state index in [1.165, 1.54) is 6.42 Å². The molecule has 0 aliphatic carbocycles. The summed E-state index contributed by atoms with van der Waals surface area (Å²) in [6.07, 6.45) is 8.09. The number of anilines is 1. The van der Waals surface area contributed by atoms with Crippen LogP contribution in [0.1, 0.15) is 18.4 Å². The third-order valence-electron chi connectivity index (χ3n) is 4.43. The van der Waals surface area contributed by atoms with Crippen LogP contribution in [-0.2, 0) is 4.74 Å². The second-order valence-electron chi connectivity index (χ2n) is 6.08. The standard InChI is InChI=1S/C18H23N3O2/c1-2-15-5-3-6-16(13-15)19-18(22)21-10-8-20(9-11-21)14-17-7-4-12-23-17/h1,3,5-6,13,17H,4,7-12,14H2,(H,19,22)/t17-/m0/s1. The van der Waals surface area contributed by atoms with Gasteiger partial charge in [0.2, 0.25) is 0 Å². The van der Waals surface area contributed by atoms with Gasteiger partial charge in [-0.15, -0.1) is 6.42 Å². The summed E-state index contributed by atoms with van der Waals surface area (Å²) in [6.45, 7) is 5.17. The number of carbonyl (C=O) groups excluding carboxylic acids is 1. The average molecular weight is 313 g/mol. The molecule has 0 spiro atoms. The third-order valence-corrected chi connectivity index (χ3v) is 4.43. The van der Waals surface area contributed by atoms with Gasteiger partial charge in [-0.3, -0.25) is 4.90 Å². The fraction of sp³-hybridized carbons (Fsp3) is 0.500. The lowest BCUT2D eigenvalue weighted by Crippen LogP contribution is -2.51. The molecule has 1 atom stereocenters. The van der Waals surface area contributed by atoms with Crippen molar-refractivity contribution < 1.29 is 9.53 Å². The summed E-state index contributed by atoms with van der Waals surface area (Å²) in [5.74, 6) is 2.58. The Morgan fingerprint density at radius 3 is 2.87 bits per heavy atom. The highest BCUT2D eigenvalue weighted by atomic mass is 16.5. The van der Waals surface area contributed by atoms with Gasteiger partial charge in [-0.1, -0.05) is 12.0 Å². The van der Waals surface area contributed by atoms with E-state index in [0.29, 0.717) is 6.10 Å². The number of piperazine rings is 1. The van der Waals surface area contributed by atoms with Gasteiger partial charge in [0.1, 0.15) is 0 Å². The highest BCUT2D eigenvalue weighted by Gasteiger charge is 2.24. The number of hydrogen-bond donors (Lipinski definition) is 1. The van der Waals surface area contributed by atoms with Crippen LogP contribution in [0.2, 0.25) is 0 Å². The van der Waals surface area contributed by atoms with Gasteiger partial charge in [-0.25, -0.2) is 4.79 Å². The molecule has 0 unspecified atom stereocenters. The van der Waals surface area contributed by atoms with Crippen LogP contribution in [0.5, 0.6) is 0 Å². The van der Waals surface area contributed by atoms with Crippen molar-refractivity contribution in [3.63, 3.8) is 0 Å². The van der Waals surface area contributed by atoms with Crippen molar-refractivity contribution in [2.75, 3.05) is 44.6 Å². The second kappa shape index (κ2) is 7.49. The Labute approximate surface area is 137 Å². The van der Waals surface area contributed by atoms with E-state index in [1.54, 1.807) is 0 Å². The van der Waals surface area contributed by atoms with Crippen molar-refractivity contribution >= 4 is 11.7 Å². The molecule has 2 aliphatic rings. The van der Waals surface area contributed by atoms with Crippen LogP contribution in [0.4, 0.5) is 10.5 Å². The van der Waals surface area contributed by atoms with Crippen LogP contribution in [0.3, 0.4) is 0 Å². The smallest absolute Gasteiger partial charge is 0.321 e. The molecule has 1 aromatic carbocycles. The van der Waals surface area contributed by atoms with Gasteiger partial charge < -0.3 is 15.0 Å². The summed E-state index contributed by atoms with van der Waals surface area (Å²) in [4.78, 5) is 16.6. The molecule has 0 bridgehead atoms. The van der Waals surface area contributed by atoms with Crippen LogP contribution in [0, 0.1) is 12.3 Å². The number of urea groups is 1. The van der Waals surface area contributed by atoms with Crippen molar-refractivity contribution in [2.45, 2.75) is 18.9 Å². The lowest BCUT2D eigenvalue weighted by molar-refractivity contribution is 0.0572. The molecule has 2 saturated heterocycles. The van der Waals surface area contributed by atoms with Crippen molar-refractivity contribution in [1.82, 2.24) is 9.80 Å². The number of benzene rings is 1. The molecule has 2 amide bonds. The molecule has 23 heavy (non-hydrogen) atoms. The van der Waals surface area contributed by atoms with E-state index in [-0.39, 0.29) is 6.03 Å². The maximum Gasteiger partial charge on any atom is 0.321 e. The number of terminal acetylenes is 1. The van der Waals surface area contributed by atoms with Gasteiger partial charge in [-0.2, -0.15) is 0 Å². The lowest BCUT2D eigenvalue weighted by Gasteiger charge is -2.35. The van der Waals surface area contributed by atoms with Gasteiger partial charge in [-0.05, 0) is 31.0 Å². The molecule has 2 heterocycles. The predicted molar refractivity (Wildman–Crippen MR) is 90.4 cm³/mol. The third kappa shape index (κ3) is 4.25. The summed E-state index contributed by atoms with van der Waals surface area (Å²) in [5.41, 5.74) is 1.51. The van der Waals surface area contributed by atoms with Crippen molar-refractivity contribution in [3.05, 3.63) is 29.8 Å². The van der Waals surface area contributed by atoms with Gasteiger partial charge in [0.05, 0.1) is 6.10 Å². The molecule has 0 saturated carbocycles. The zero-order valence-electron chi connectivity index (χ0n) is 13.3. The van der Waals surface area contributed by atoms with E-state index in [0.717, 1.165) is 57.0 Å². The van der Waals surface area contributed by atoms with Crippen LogP contribution in [0.25, 0.3) is 0 Å². The Bertz CT molecular complexity index is 582. The zero-order chi connectivity index (χ0) is 16.1. The molecule has 1 N–H and O–H groups in total. The molecule has 3 rings (SSSR count). The van der Waals surface area contributed by atoms with Crippen LogP contribution < -0.4 is 5.32 Å². The Morgan fingerprint density at radius 1 is 1.35 bits per heavy atom. The molecule has 5 heteroatoms. The Morgan fingerprint density at radius 2 is 2.17 bits per heavy atom. The van der Waals surface area contributed by atoms with Crippen LogP contribution in [0.15, 0.2) is 24.3 Å². The Kier molecular flexibility index (Phi) is 5.16. The Hall–Kier alpha value is -2.03. The molecule has 2 aliphatic heterocycles. The monoisotopic (exact) mass is 313 g/mol. The fourth-order valence-electron chi connectivity index (χ4n) is 3.10. The normalized spacial score (nSPS) is 21.9. The largest absolute Gasteiger partial charge is 0.377 e. The van der Waals surface area contributed by atoms with Gasteiger partial charge in [0, 0.05) is 50.6 Å². The summed E-state index contributed by atoms with van der Waals surface area (Å²) in [6, 6.07) is 7.30. The minimum Gasteiger partial charge on any atom is -0.377 e. The van der Waals surface area contributed by atoms with Crippen molar-refractivity contribution in [3.8, 4) is 12.3 Å².